The van der Waals surface area contributed by atoms with Crippen molar-refractivity contribution in [3.63, 3.8) is 0 Å². The standard InChI is InChI=1S/C20H15F3N2O3/c21-20(22,23)14-7-5-12(6-8-14)11-13-3-1-2-4-15(13)16-24-25-17(28-16)19(9-10-19)18(26)27/h1-8H,9-11H2,(H,26,27). The number of rotatable bonds is 5. The van der Waals surface area contributed by atoms with Crippen molar-refractivity contribution in [2.75, 3.05) is 0 Å². The molecule has 28 heavy (non-hydrogen) atoms. The second-order valence-corrected chi connectivity index (χ2v) is 6.83. The molecule has 0 unspecified atom stereocenters. The first-order valence-corrected chi connectivity index (χ1v) is 8.61. The maximum absolute atomic E-state index is 12.7. The number of hydrogen-bond donors (Lipinski definition) is 1. The average molecular weight is 388 g/mol. The van der Waals surface area contributed by atoms with Crippen LogP contribution < -0.4 is 0 Å². The second kappa shape index (κ2) is 6.47. The second-order valence-electron chi connectivity index (χ2n) is 6.83. The minimum atomic E-state index is -4.38. The summed E-state index contributed by atoms with van der Waals surface area (Å²) in [6, 6.07) is 12.1. The summed E-state index contributed by atoms with van der Waals surface area (Å²) >= 11 is 0. The fraction of sp³-hybridized carbons (Fsp3) is 0.250. The SMILES string of the molecule is O=C(O)C1(c2nnc(-c3ccccc3Cc3ccc(C(F)(F)F)cc3)o2)CC1. The molecule has 1 N–H and O–H groups in total. The van der Waals surface area contributed by atoms with Crippen LogP contribution in [0.4, 0.5) is 13.2 Å². The molecule has 144 valence electrons. The highest BCUT2D eigenvalue weighted by Gasteiger charge is 2.56. The smallest absolute Gasteiger partial charge is 0.416 e. The maximum atomic E-state index is 12.7. The van der Waals surface area contributed by atoms with Crippen LogP contribution in [0.2, 0.25) is 0 Å². The monoisotopic (exact) mass is 388 g/mol. The van der Waals surface area contributed by atoms with Gasteiger partial charge in [0.05, 0.1) is 5.56 Å². The van der Waals surface area contributed by atoms with Gasteiger partial charge in [-0.25, -0.2) is 0 Å². The summed E-state index contributed by atoms with van der Waals surface area (Å²) in [5, 5.41) is 17.3. The molecule has 1 fully saturated rings. The molecule has 1 aliphatic carbocycles. The van der Waals surface area contributed by atoms with Gasteiger partial charge >= 0.3 is 12.1 Å². The van der Waals surface area contributed by atoms with Crippen LogP contribution in [0.5, 0.6) is 0 Å². The summed E-state index contributed by atoms with van der Waals surface area (Å²) in [5.41, 5.74) is 0.326. The Bertz CT molecular complexity index is 1020. The fourth-order valence-electron chi connectivity index (χ4n) is 3.08. The Hall–Kier alpha value is -3.16. The van der Waals surface area contributed by atoms with E-state index < -0.39 is 23.1 Å². The van der Waals surface area contributed by atoms with Gasteiger partial charge < -0.3 is 9.52 Å². The van der Waals surface area contributed by atoms with Crippen molar-refractivity contribution in [3.8, 4) is 11.5 Å². The molecular weight excluding hydrogens is 373 g/mol. The quantitative estimate of drug-likeness (QED) is 0.698. The van der Waals surface area contributed by atoms with Gasteiger partial charge in [0.1, 0.15) is 5.41 Å². The average Bonchev–Trinajstić information content (AvgIpc) is 3.33. The molecule has 3 aromatic rings. The highest BCUT2D eigenvalue weighted by atomic mass is 19.4. The predicted octanol–water partition coefficient (Wildman–Crippen LogP) is 4.46. The van der Waals surface area contributed by atoms with Crippen LogP contribution in [0.15, 0.2) is 52.9 Å². The summed E-state index contributed by atoms with van der Waals surface area (Å²) in [6.07, 6.45) is -3.09. The zero-order valence-electron chi connectivity index (χ0n) is 14.5. The Morgan fingerprint density at radius 1 is 1.07 bits per heavy atom. The molecule has 5 nitrogen and oxygen atoms in total. The Morgan fingerprint density at radius 3 is 2.36 bits per heavy atom. The highest BCUT2D eigenvalue weighted by Crippen LogP contribution is 2.48. The van der Waals surface area contributed by atoms with Crippen LogP contribution in [0, 0.1) is 0 Å². The number of nitrogens with zero attached hydrogens (tertiary/aromatic N) is 2. The van der Waals surface area contributed by atoms with Crippen LogP contribution in [0.1, 0.15) is 35.4 Å². The largest absolute Gasteiger partial charge is 0.480 e. The molecule has 0 radical (unpaired) electrons. The van der Waals surface area contributed by atoms with E-state index in [-0.39, 0.29) is 11.8 Å². The molecular formula is C20H15F3N2O3. The number of halogens is 3. The third-order valence-electron chi connectivity index (χ3n) is 4.92. The molecule has 1 saturated carbocycles. The molecule has 4 rings (SSSR count). The fourth-order valence-corrected chi connectivity index (χ4v) is 3.08. The van der Waals surface area contributed by atoms with Gasteiger partial charge in [0, 0.05) is 5.56 Å². The Morgan fingerprint density at radius 2 is 1.75 bits per heavy atom. The molecule has 0 saturated heterocycles. The summed E-state index contributed by atoms with van der Waals surface area (Å²) in [5.74, 6) is -0.704. The van der Waals surface area contributed by atoms with Gasteiger partial charge in [-0.1, -0.05) is 30.3 Å². The predicted molar refractivity (Wildman–Crippen MR) is 92.5 cm³/mol. The highest BCUT2D eigenvalue weighted by molar-refractivity contribution is 5.83. The molecule has 2 aromatic carbocycles. The van der Waals surface area contributed by atoms with Gasteiger partial charge in [0.2, 0.25) is 11.8 Å². The van der Waals surface area contributed by atoms with E-state index in [9.17, 15) is 23.1 Å². The third-order valence-corrected chi connectivity index (χ3v) is 4.92. The van der Waals surface area contributed by atoms with Crippen LogP contribution in [0.3, 0.4) is 0 Å². The molecule has 0 spiro atoms. The number of benzene rings is 2. The van der Waals surface area contributed by atoms with E-state index in [2.05, 4.69) is 10.2 Å². The molecule has 8 heteroatoms. The number of carboxylic acid groups (broad SMARTS) is 1. The van der Waals surface area contributed by atoms with Crippen molar-refractivity contribution in [3.05, 3.63) is 71.1 Å². The summed E-state index contributed by atoms with van der Waals surface area (Å²) in [6.45, 7) is 0. The van der Waals surface area contributed by atoms with Gasteiger partial charge in [-0.15, -0.1) is 10.2 Å². The van der Waals surface area contributed by atoms with E-state index >= 15 is 0 Å². The van der Waals surface area contributed by atoms with Crippen molar-refractivity contribution in [1.29, 1.82) is 0 Å². The summed E-state index contributed by atoms with van der Waals surface area (Å²) in [7, 11) is 0. The molecule has 1 aliphatic rings. The minimum Gasteiger partial charge on any atom is -0.480 e. The van der Waals surface area contributed by atoms with Crippen LogP contribution >= 0.6 is 0 Å². The molecule has 0 atom stereocenters. The minimum absolute atomic E-state index is 0.0827. The molecule has 0 amide bonds. The Kier molecular flexibility index (Phi) is 4.21. The van der Waals surface area contributed by atoms with Gasteiger partial charge in [-0.2, -0.15) is 13.2 Å². The van der Waals surface area contributed by atoms with Gasteiger partial charge in [-0.3, -0.25) is 4.79 Å². The van der Waals surface area contributed by atoms with E-state index in [0.29, 0.717) is 30.4 Å². The number of hydrogen-bond acceptors (Lipinski definition) is 4. The first-order valence-electron chi connectivity index (χ1n) is 8.61. The first-order chi connectivity index (χ1) is 13.3. The van der Waals surface area contributed by atoms with Crippen molar-refractivity contribution >= 4 is 5.97 Å². The van der Waals surface area contributed by atoms with E-state index in [1.54, 1.807) is 18.2 Å². The molecule has 0 aliphatic heterocycles. The van der Waals surface area contributed by atoms with Crippen LogP contribution in [-0.4, -0.2) is 21.3 Å². The van der Waals surface area contributed by atoms with Crippen LogP contribution in [-0.2, 0) is 22.8 Å². The molecule has 1 heterocycles. The number of carbonyl (C=O) groups is 1. The number of carboxylic acids is 1. The lowest BCUT2D eigenvalue weighted by atomic mass is 9.99. The third kappa shape index (κ3) is 3.26. The van der Waals surface area contributed by atoms with E-state index in [1.165, 1.54) is 12.1 Å². The first kappa shape index (κ1) is 18.2. The number of aromatic nitrogens is 2. The topological polar surface area (TPSA) is 76.2 Å². The number of aliphatic carboxylic acids is 1. The van der Waals surface area contributed by atoms with E-state index in [4.69, 9.17) is 4.42 Å². The van der Waals surface area contributed by atoms with Gasteiger partial charge in [-0.05, 0) is 48.6 Å². The Balaban J connectivity index is 1.62. The van der Waals surface area contributed by atoms with Gasteiger partial charge in [0.25, 0.3) is 0 Å². The van der Waals surface area contributed by atoms with Crippen molar-refractivity contribution in [2.24, 2.45) is 0 Å². The van der Waals surface area contributed by atoms with Gasteiger partial charge in [0.15, 0.2) is 0 Å². The van der Waals surface area contributed by atoms with E-state index in [1.807, 2.05) is 6.07 Å². The Labute approximate surface area is 157 Å². The maximum Gasteiger partial charge on any atom is 0.416 e. The van der Waals surface area contributed by atoms with E-state index in [0.717, 1.165) is 17.7 Å². The van der Waals surface area contributed by atoms with Crippen molar-refractivity contribution < 1.29 is 27.5 Å². The lowest BCUT2D eigenvalue weighted by Crippen LogP contribution is -2.19. The lowest BCUT2D eigenvalue weighted by molar-refractivity contribution is -0.140. The zero-order valence-corrected chi connectivity index (χ0v) is 14.5. The van der Waals surface area contributed by atoms with Crippen molar-refractivity contribution in [1.82, 2.24) is 10.2 Å². The zero-order chi connectivity index (χ0) is 19.9. The summed E-state index contributed by atoms with van der Waals surface area (Å²) in [4.78, 5) is 11.4. The number of alkyl halides is 3. The summed E-state index contributed by atoms with van der Waals surface area (Å²) < 4.78 is 43.8. The van der Waals surface area contributed by atoms with Crippen LogP contribution in [0.25, 0.3) is 11.5 Å². The lowest BCUT2D eigenvalue weighted by Gasteiger charge is -2.09. The molecule has 1 aromatic heterocycles. The van der Waals surface area contributed by atoms with Crippen molar-refractivity contribution in [2.45, 2.75) is 30.9 Å². The normalized spacial score (nSPS) is 15.4. The molecule has 0 bridgehead atoms.